The van der Waals surface area contributed by atoms with Gasteiger partial charge >= 0.3 is 6.03 Å². The smallest absolute Gasteiger partial charge is 0.325 e. The summed E-state index contributed by atoms with van der Waals surface area (Å²) in [6.45, 7) is 1.95. The predicted octanol–water partition coefficient (Wildman–Crippen LogP) is 4.43. The molecule has 0 atom stereocenters. The zero-order chi connectivity index (χ0) is 22.5. The summed E-state index contributed by atoms with van der Waals surface area (Å²) in [7, 11) is 0. The van der Waals surface area contributed by atoms with Crippen molar-refractivity contribution in [1.29, 1.82) is 0 Å². The number of hydrogen-bond acceptors (Lipinski definition) is 6. The lowest BCUT2D eigenvalue weighted by atomic mass is 10.1. The van der Waals surface area contributed by atoms with E-state index in [9.17, 15) is 9.59 Å². The fourth-order valence-electron chi connectivity index (χ4n) is 2.98. The van der Waals surface area contributed by atoms with Crippen molar-refractivity contribution in [2.75, 3.05) is 10.6 Å². The Bertz CT molecular complexity index is 1300. The molecular formula is C21H18BrN7O2S. The van der Waals surface area contributed by atoms with Crippen LogP contribution in [0.4, 0.5) is 15.6 Å². The molecule has 3 amide bonds. The normalized spacial score (nSPS) is 11.1. The van der Waals surface area contributed by atoms with Crippen LogP contribution in [0.2, 0.25) is 0 Å². The minimum absolute atomic E-state index is 0.00210. The van der Waals surface area contributed by atoms with Crippen LogP contribution >= 0.6 is 27.3 Å². The number of hydrogen-bond donors (Lipinski definition) is 4. The Kier molecular flexibility index (Phi) is 6.57. The van der Waals surface area contributed by atoms with Crippen LogP contribution in [0.1, 0.15) is 16.3 Å². The van der Waals surface area contributed by atoms with Crippen LogP contribution in [0.5, 0.6) is 0 Å². The van der Waals surface area contributed by atoms with Gasteiger partial charge in [-0.25, -0.2) is 10.2 Å². The Morgan fingerprint density at radius 3 is 2.72 bits per heavy atom. The third-order valence-electron chi connectivity index (χ3n) is 4.43. The molecule has 2 heterocycles. The van der Waals surface area contributed by atoms with Crippen LogP contribution in [0.15, 0.2) is 58.1 Å². The first-order chi connectivity index (χ1) is 15.5. The van der Waals surface area contributed by atoms with Gasteiger partial charge in [0.25, 0.3) is 0 Å². The molecule has 0 bridgehead atoms. The van der Waals surface area contributed by atoms with Crippen LogP contribution in [-0.4, -0.2) is 33.3 Å². The molecule has 0 spiro atoms. The van der Waals surface area contributed by atoms with Crippen molar-refractivity contribution in [1.82, 2.24) is 20.6 Å². The second kappa shape index (κ2) is 9.71. The maximum atomic E-state index is 12.2. The Morgan fingerprint density at radius 2 is 1.91 bits per heavy atom. The Balaban J connectivity index is 1.29. The summed E-state index contributed by atoms with van der Waals surface area (Å²) in [4.78, 5) is 27.5. The van der Waals surface area contributed by atoms with Crippen LogP contribution < -0.4 is 16.1 Å². The molecule has 0 unspecified atom stereocenters. The zero-order valence-electron chi connectivity index (χ0n) is 16.8. The lowest BCUT2D eigenvalue weighted by molar-refractivity contribution is -0.120. The molecule has 162 valence electrons. The van der Waals surface area contributed by atoms with E-state index in [1.807, 2.05) is 43.3 Å². The van der Waals surface area contributed by atoms with Crippen LogP contribution in [0.25, 0.3) is 10.9 Å². The molecule has 0 saturated heterocycles. The van der Waals surface area contributed by atoms with Crippen LogP contribution in [0, 0.1) is 6.92 Å². The maximum absolute atomic E-state index is 12.2. The molecule has 4 N–H and O–H groups in total. The summed E-state index contributed by atoms with van der Waals surface area (Å²) in [6, 6.07) is 14.6. The number of benzene rings is 2. The fraction of sp³-hybridized carbons (Fsp3) is 0.0952. The lowest BCUT2D eigenvalue weighted by Crippen LogP contribution is -2.19. The van der Waals surface area contributed by atoms with Crippen LogP contribution in [0.3, 0.4) is 0 Å². The molecule has 0 aliphatic carbocycles. The molecule has 0 aliphatic rings. The van der Waals surface area contributed by atoms with Crippen molar-refractivity contribution in [2.45, 2.75) is 13.3 Å². The molecule has 4 aromatic rings. The van der Waals surface area contributed by atoms with Gasteiger partial charge in [0.15, 0.2) is 0 Å². The van der Waals surface area contributed by atoms with Crippen molar-refractivity contribution in [3.05, 3.63) is 69.3 Å². The quantitative estimate of drug-likeness (QED) is 0.225. The molecular weight excluding hydrogens is 494 g/mol. The number of para-hydroxylation sites is 1. The summed E-state index contributed by atoms with van der Waals surface area (Å²) in [6.07, 6.45) is 1.61. The van der Waals surface area contributed by atoms with Gasteiger partial charge in [0.1, 0.15) is 5.01 Å². The molecule has 32 heavy (non-hydrogen) atoms. The van der Waals surface area contributed by atoms with E-state index < -0.39 is 6.03 Å². The summed E-state index contributed by atoms with van der Waals surface area (Å²) in [5, 5.41) is 19.0. The number of nitrogens with zero attached hydrogens (tertiary/aromatic N) is 3. The SMILES string of the molecule is Cc1[nH]c2ccccc2c1/C=N\NC(=O)Cc1nnc(NC(=O)Nc2ccc(Br)cc2)s1. The van der Waals surface area contributed by atoms with E-state index >= 15 is 0 Å². The predicted molar refractivity (Wildman–Crippen MR) is 129 cm³/mol. The fourth-order valence-corrected chi connectivity index (χ4v) is 3.98. The number of aryl methyl sites for hydroxylation is 1. The van der Waals surface area contributed by atoms with E-state index in [1.165, 1.54) is 0 Å². The molecule has 2 aromatic heterocycles. The highest BCUT2D eigenvalue weighted by Gasteiger charge is 2.12. The molecule has 4 rings (SSSR count). The lowest BCUT2D eigenvalue weighted by Gasteiger charge is -2.04. The average Bonchev–Trinajstić information content (AvgIpc) is 3.33. The Morgan fingerprint density at radius 1 is 1.12 bits per heavy atom. The highest BCUT2D eigenvalue weighted by molar-refractivity contribution is 9.10. The van der Waals surface area contributed by atoms with Crippen molar-refractivity contribution < 1.29 is 9.59 Å². The Labute approximate surface area is 195 Å². The third kappa shape index (κ3) is 5.37. The minimum Gasteiger partial charge on any atom is -0.358 e. The largest absolute Gasteiger partial charge is 0.358 e. The molecule has 9 nitrogen and oxygen atoms in total. The van der Waals surface area contributed by atoms with E-state index in [0.717, 1.165) is 38.0 Å². The van der Waals surface area contributed by atoms with Gasteiger partial charge in [0, 0.05) is 32.3 Å². The van der Waals surface area contributed by atoms with E-state index in [-0.39, 0.29) is 12.3 Å². The van der Waals surface area contributed by atoms with Gasteiger partial charge in [-0.15, -0.1) is 10.2 Å². The average molecular weight is 512 g/mol. The highest BCUT2D eigenvalue weighted by Crippen LogP contribution is 2.20. The number of amides is 3. The molecule has 0 saturated carbocycles. The first kappa shape index (κ1) is 21.7. The summed E-state index contributed by atoms with van der Waals surface area (Å²) in [5.41, 5.74) is 6.03. The number of nitrogens with one attached hydrogen (secondary N) is 4. The van der Waals surface area contributed by atoms with Gasteiger partial charge in [0.05, 0.1) is 12.6 Å². The van der Waals surface area contributed by atoms with Gasteiger partial charge in [0.2, 0.25) is 11.0 Å². The number of aromatic amines is 1. The maximum Gasteiger partial charge on any atom is 0.325 e. The van der Waals surface area contributed by atoms with Gasteiger partial charge in [-0.3, -0.25) is 10.1 Å². The first-order valence-electron chi connectivity index (χ1n) is 9.53. The molecule has 0 radical (unpaired) electrons. The number of carbonyl (C=O) groups is 2. The number of urea groups is 1. The van der Waals surface area contributed by atoms with Gasteiger partial charge in [-0.2, -0.15) is 5.10 Å². The van der Waals surface area contributed by atoms with Crippen molar-refractivity contribution in [3.63, 3.8) is 0 Å². The van der Waals surface area contributed by atoms with E-state index in [0.29, 0.717) is 15.8 Å². The first-order valence-corrected chi connectivity index (χ1v) is 11.1. The molecule has 2 aromatic carbocycles. The number of anilines is 2. The number of H-pyrrole nitrogens is 1. The number of halogens is 1. The number of hydrazone groups is 1. The summed E-state index contributed by atoms with van der Waals surface area (Å²) in [5.74, 6) is -0.333. The molecule has 0 aliphatic heterocycles. The number of aromatic nitrogens is 3. The van der Waals surface area contributed by atoms with Gasteiger partial charge in [-0.05, 0) is 37.3 Å². The standard InChI is InChI=1S/C21H18BrN7O2S/c1-12-16(15-4-2-3-5-17(15)24-12)11-23-27-18(30)10-19-28-29-21(32-19)26-20(31)25-14-8-6-13(22)7-9-14/h2-9,11,24H,10H2,1H3,(H,27,30)(H2,25,26,29,31)/b23-11-. The summed E-state index contributed by atoms with van der Waals surface area (Å²) < 4.78 is 0.913. The zero-order valence-corrected chi connectivity index (χ0v) is 19.3. The van der Waals surface area contributed by atoms with Gasteiger partial charge in [-0.1, -0.05) is 45.5 Å². The second-order valence-corrected chi connectivity index (χ2v) is 8.74. The topological polar surface area (TPSA) is 124 Å². The van der Waals surface area contributed by atoms with Crippen LogP contribution in [-0.2, 0) is 11.2 Å². The van der Waals surface area contributed by atoms with E-state index in [2.05, 4.69) is 52.3 Å². The third-order valence-corrected chi connectivity index (χ3v) is 5.79. The summed E-state index contributed by atoms with van der Waals surface area (Å²) >= 11 is 4.46. The van der Waals surface area contributed by atoms with E-state index in [1.54, 1.807) is 18.3 Å². The number of fused-ring (bicyclic) bond motifs is 1. The van der Waals surface area contributed by atoms with Crippen molar-refractivity contribution >= 4 is 67.1 Å². The highest BCUT2D eigenvalue weighted by atomic mass is 79.9. The molecule has 11 heteroatoms. The minimum atomic E-state index is -0.446. The number of rotatable bonds is 6. The number of carbonyl (C=O) groups excluding carboxylic acids is 2. The van der Waals surface area contributed by atoms with Crippen molar-refractivity contribution in [3.8, 4) is 0 Å². The second-order valence-electron chi connectivity index (χ2n) is 6.77. The monoisotopic (exact) mass is 511 g/mol. The van der Waals surface area contributed by atoms with Gasteiger partial charge < -0.3 is 10.3 Å². The van der Waals surface area contributed by atoms with Crippen molar-refractivity contribution in [2.24, 2.45) is 5.10 Å². The van der Waals surface area contributed by atoms with E-state index in [4.69, 9.17) is 0 Å². The Hall–Kier alpha value is -3.57. The molecule has 0 fully saturated rings.